The van der Waals surface area contributed by atoms with Crippen LogP contribution in [0.15, 0.2) is 47.0 Å². The number of methoxy groups -OCH3 is 2. The SMILES string of the molecule is CCOC(=O)[C@@H]1C(=O)C2=C(C[C@@H]1c1cccs1)NC(=O)C[C@H]2c1cc(OC)ccc1OC. The molecule has 1 N–H and O–H groups in total. The van der Waals surface area contributed by atoms with E-state index in [0.717, 1.165) is 4.88 Å². The second-order valence-corrected chi connectivity index (χ2v) is 8.70. The molecule has 0 spiro atoms. The molecule has 4 rings (SSSR count). The number of amides is 1. The van der Waals surface area contributed by atoms with Crippen molar-refractivity contribution in [3.63, 3.8) is 0 Å². The number of carbonyl (C=O) groups excluding carboxylic acids is 3. The molecule has 8 heteroatoms. The number of benzene rings is 1. The van der Waals surface area contributed by atoms with E-state index in [2.05, 4.69) is 5.32 Å². The highest BCUT2D eigenvalue weighted by Gasteiger charge is 2.48. The number of carbonyl (C=O) groups is 3. The van der Waals surface area contributed by atoms with Gasteiger partial charge in [0.1, 0.15) is 17.4 Å². The lowest BCUT2D eigenvalue weighted by molar-refractivity contribution is -0.152. The van der Waals surface area contributed by atoms with Crippen molar-refractivity contribution >= 4 is 29.0 Å². The number of hydrogen-bond acceptors (Lipinski definition) is 7. The summed E-state index contributed by atoms with van der Waals surface area (Å²) < 4.78 is 16.2. The molecule has 1 aliphatic carbocycles. The molecule has 2 aliphatic rings. The third-order valence-electron chi connectivity index (χ3n) is 5.99. The van der Waals surface area contributed by atoms with E-state index in [-0.39, 0.29) is 30.6 Å². The summed E-state index contributed by atoms with van der Waals surface area (Å²) in [6, 6.07) is 9.10. The van der Waals surface area contributed by atoms with Crippen molar-refractivity contribution in [3.05, 3.63) is 57.4 Å². The molecule has 168 valence electrons. The molecule has 7 nitrogen and oxygen atoms in total. The summed E-state index contributed by atoms with van der Waals surface area (Å²) in [4.78, 5) is 40.3. The first-order valence-corrected chi connectivity index (χ1v) is 11.4. The van der Waals surface area contributed by atoms with E-state index in [1.165, 1.54) is 11.3 Å². The molecule has 1 aliphatic heterocycles. The average Bonchev–Trinajstić information content (AvgIpc) is 3.32. The van der Waals surface area contributed by atoms with Crippen molar-refractivity contribution in [2.45, 2.75) is 31.6 Å². The predicted molar refractivity (Wildman–Crippen MR) is 119 cm³/mol. The van der Waals surface area contributed by atoms with E-state index in [9.17, 15) is 14.4 Å². The van der Waals surface area contributed by atoms with Crippen molar-refractivity contribution in [2.24, 2.45) is 5.92 Å². The number of hydrogen-bond donors (Lipinski definition) is 1. The van der Waals surface area contributed by atoms with Crippen LogP contribution in [-0.2, 0) is 19.1 Å². The fraction of sp³-hybridized carbons (Fsp3) is 0.375. The lowest BCUT2D eigenvalue weighted by Gasteiger charge is -2.37. The van der Waals surface area contributed by atoms with E-state index in [0.29, 0.717) is 34.8 Å². The molecule has 1 aromatic carbocycles. The van der Waals surface area contributed by atoms with Crippen LogP contribution >= 0.6 is 11.3 Å². The number of esters is 1. The van der Waals surface area contributed by atoms with Gasteiger partial charge >= 0.3 is 5.97 Å². The maximum absolute atomic E-state index is 13.8. The van der Waals surface area contributed by atoms with Gasteiger partial charge in [0.15, 0.2) is 5.78 Å². The van der Waals surface area contributed by atoms with Crippen LogP contribution in [0.25, 0.3) is 0 Å². The van der Waals surface area contributed by atoms with E-state index in [1.807, 2.05) is 17.5 Å². The Kier molecular flexibility index (Phi) is 6.32. The summed E-state index contributed by atoms with van der Waals surface area (Å²) in [5.41, 5.74) is 1.70. The Bertz CT molecular complexity index is 1070. The number of ether oxygens (including phenoxy) is 3. The second kappa shape index (κ2) is 9.16. The molecule has 1 amide bonds. The fourth-order valence-corrected chi connectivity index (χ4v) is 5.47. The summed E-state index contributed by atoms with van der Waals surface area (Å²) in [5.74, 6) is -1.75. The number of ketones is 1. The molecular weight excluding hydrogens is 430 g/mol. The quantitative estimate of drug-likeness (QED) is 0.529. The average molecular weight is 456 g/mol. The Morgan fingerprint density at radius 1 is 1.16 bits per heavy atom. The van der Waals surface area contributed by atoms with Gasteiger partial charge in [0.25, 0.3) is 0 Å². The smallest absolute Gasteiger partial charge is 0.317 e. The van der Waals surface area contributed by atoms with Crippen LogP contribution in [-0.4, -0.2) is 38.5 Å². The van der Waals surface area contributed by atoms with Gasteiger partial charge in [0.2, 0.25) is 5.91 Å². The highest BCUT2D eigenvalue weighted by molar-refractivity contribution is 7.10. The van der Waals surface area contributed by atoms with Gasteiger partial charge in [-0.2, -0.15) is 0 Å². The van der Waals surface area contributed by atoms with Crippen LogP contribution in [0.2, 0.25) is 0 Å². The Labute approximate surface area is 190 Å². The number of thiophene rings is 1. The molecule has 0 fully saturated rings. The van der Waals surface area contributed by atoms with Gasteiger partial charge in [-0.1, -0.05) is 6.07 Å². The van der Waals surface area contributed by atoms with Crippen LogP contribution in [0.1, 0.15) is 42.0 Å². The third kappa shape index (κ3) is 3.90. The van der Waals surface area contributed by atoms with Gasteiger partial charge < -0.3 is 19.5 Å². The Hall–Kier alpha value is -3.13. The van der Waals surface area contributed by atoms with Crippen LogP contribution in [0, 0.1) is 5.92 Å². The van der Waals surface area contributed by atoms with Crippen molar-refractivity contribution < 1.29 is 28.6 Å². The van der Waals surface area contributed by atoms with Crippen LogP contribution in [0.3, 0.4) is 0 Å². The maximum atomic E-state index is 13.8. The summed E-state index contributed by atoms with van der Waals surface area (Å²) in [6.45, 7) is 1.91. The molecule has 0 bridgehead atoms. The topological polar surface area (TPSA) is 90.9 Å². The van der Waals surface area contributed by atoms with Gasteiger partial charge in [-0.25, -0.2) is 0 Å². The zero-order chi connectivity index (χ0) is 22.8. The molecule has 0 radical (unpaired) electrons. The van der Waals surface area contributed by atoms with Crippen LogP contribution in [0.4, 0.5) is 0 Å². The number of allylic oxidation sites excluding steroid dienone is 2. The first kappa shape index (κ1) is 22.1. The molecular formula is C24H25NO6S. The normalized spacial score (nSPS) is 22.8. The van der Waals surface area contributed by atoms with Crippen molar-refractivity contribution in [2.75, 3.05) is 20.8 Å². The summed E-state index contributed by atoms with van der Waals surface area (Å²) in [7, 11) is 3.10. The minimum Gasteiger partial charge on any atom is -0.497 e. The van der Waals surface area contributed by atoms with E-state index in [4.69, 9.17) is 14.2 Å². The first-order chi connectivity index (χ1) is 15.5. The zero-order valence-electron chi connectivity index (χ0n) is 18.2. The number of rotatable bonds is 6. The minimum absolute atomic E-state index is 0.0767. The van der Waals surface area contributed by atoms with Crippen LogP contribution < -0.4 is 14.8 Å². The molecule has 1 aromatic heterocycles. The molecule has 0 saturated heterocycles. The fourth-order valence-electron chi connectivity index (χ4n) is 4.60. The van der Waals surface area contributed by atoms with Gasteiger partial charge in [-0.05, 0) is 43.0 Å². The molecule has 0 unspecified atom stereocenters. The van der Waals surface area contributed by atoms with Gasteiger partial charge in [0, 0.05) is 40.0 Å². The largest absolute Gasteiger partial charge is 0.497 e. The lowest BCUT2D eigenvalue weighted by Crippen LogP contribution is -2.44. The molecule has 2 aromatic rings. The third-order valence-corrected chi connectivity index (χ3v) is 6.99. The number of Topliss-reactive ketones (excluding diaryl/α,β-unsaturated/α-hetero) is 1. The van der Waals surface area contributed by atoms with Crippen molar-refractivity contribution in [1.82, 2.24) is 5.32 Å². The van der Waals surface area contributed by atoms with E-state index in [1.54, 1.807) is 39.3 Å². The standard InChI is InChI=1S/C24H25NO6S/c1-4-31-24(28)22-16(19-6-5-9-32-19)11-17-21(23(22)27)15(12-20(26)25-17)14-10-13(29-2)7-8-18(14)30-3/h5-10,15-16,22H,4,11-12H2,1-3H3,(H,25,26)/t15-,16+,22-/m0/s1. The Morgan fingerprint density at radius 2 is 1.97 bits per heavy atom. The molecule has 3 atom stereocenters. The molecule has 2 heterocycles. The number of nitrogens with one attached hydrogen (secondary N) is 1. The second-order valence-electron chi connectivity index (χ2n) is 7.73. The van der Waals surface area contributed by atoms with Crippen molar-refractivity contribution in [1.29, 1.82) is 0 Å². The Balaban J connectivity index is 1.85. The molecule has 0 saturated carbocycles. The van der Waals surface area contributed by atoms with E-state index < -0.39 is 17.8 Å². The highest BCUT2D eigenvalue weighted by atomic mass is 32.1. The monoisotopic (exact) mass is 455 g/mol. The van der Waals surface area contributed by atoms with Gasteiger partial charge in [0.05, 0.1) is 20.8 Å². The summed E-state index contributed by atoms with van der Waals surface area (Å²) >= 11 is 1.49. The van der Waals surface area contributed by atoms with Gasteiger partial charge in [-0.15, -0.1) is 11.3 Å². The first-order valence-electron chi connectivity index (χ1n) is 10.5. The Morgan fingerprint density at radius 3 is 2.62 bits per heavy atom. The van der Waals surface area contributed by atoms with Crippen molar-refractivity contribution in [3.8, 4) is 11.5 Å². The minimum atomic E-state index is -0.957. The summed E-state index contributed by atoms with van der Waals surface area (Å²) in [6.07, 6.45) is 0.451. The highest BCUT2D eigenvalue weighted by Crippen LogP contribution is 2.48. The molecule has 32 heavy (non-hydrogen) atoms. The maximum Gasteiger partial charge on any atom is 0.317 e. The van der Waals surface area contributed by atoms with E-state index >= 15 is 0 Å². The summed E-state index contributed by atoms with van der Waals surface area (Å²) in [5, 5.41) is 4.81. The lowest BCUT2D eigenvalue weighted by atomic mass is 9.69. The van der Waals surface area contributed by atoms with Crippen LogP contribution in [0.5, 0.6) is 11.5 Å². The van der Waals surface area contributed by atoms with Gasteiger partial charge in [-0.3, -0.25) is 14.4 Å². The zero-order valence-corrected chi connectivity index (χ0v) is 19.0. The predicted octanol–water partition coefficient (Wildman–Crippen LogP) is 3.56.